The molecule has 0 bridgehead atoms. The fourth-order valence-corrected chi connectivity index (χ4v) is 5.51. The number of imidazole rings is 1. The molecule has 3 amide bonds. The number of halogens is 7. The van der Waals surface area contributed by atoms with Crippen molar-refractivity contribution in [2.45, 2.75) is 68.0 Å². The molecule has 0 aliphatic carbocycles. The van der Waals surface area contributed by atoms with Gasteiger partial charge in [-0.25, -0.2) is 36.5 Å². The average Bonchev–Trinajstić information content (AvgIpc) is 3.60. The van der Waals surface area contributed by atoms with Crippen molar-refractivity contribution in [1.29, 1.82) is 0 Å². The maximum absolute atomic E-state index is 15.7. The van der Waals surface area contributed by atoms with Crippen molar-refractivity contribution >= 4 is 49.0 Å². The Labute approximate surface area is 267 Å². The number of carbonyl (C=O) groups is 2. The van der Waals surface area contributed by atoms with E-state index in [1.165, 1.54) is 61.5 Å². The number of methoxy groups -OCH3 is 1. The lowest BCUT2D eigenvalue weighted by Gasteiger charge is -2.57. The van der Waals surface area contributed by atoms with Crippen LogP contribution in [0.2, 0.25) is 0 Å². The lowest BCUT2D eigenvalue weighted by atomic mass is 9.43. The highest BCUT2D eigenvalue weighted by Crippen LogP contribution is 2.44. The molecular formula is C24H31B4F7N8O4. The number of fused-ring (bicyclic) bond motifs is 1. The Kier molecular flexibility index (Phi) is 9.48. The van der Waals surface area contributed by atoms with E-state index < -0.39 is 76.4 Å². The molecule has 1 aliphatic rings. The number of hydrogen-bond donors (Lipinski definition) is 2. The van der Waals surface area contributed by atoms with Crippen LogP contribution >= 0.6 is 0 Å². The van der Waals surface area contributed by atoms with E-state index in [0.29, 0.717) is 0 Å². The van der Waals surface area contributed by atoms with Gasteiger partial charge in [-0.15, -0.1) is 0 Å². The quantitative estimate of drug-likeness (QED) is 0.216. The number of aromatic nitrogens is 5. The van der Waals surface area contributed by atoms with Crippen molar-refractivity contribution < 1.29 is 49.7 Å². The molecular weight excluding hydrogens is 641 g/mol. The second kappa shape index (κ2) is 12.4. The summed E-state index contributed by atoms with van der Waals surface area (Å²) in [5, 5.41) is 11.3. The highest BCUT2D eigenvalue weighted by atomic mass is 19.4. The predicted molar refractivity (Wildman–Crippen MR) is 161 cm³/mol. The van der Waals surface area contributed by atoms with Crippen LogP contribution in [-0.4, -0.2) is 110 Å². The number of hydrogen-bond acceptors (Lipinski definition) is 8. The lowest BCUT2D eigenvalue weighted by molar-refractivity contribution is -0.214. The number of alkyl halides is 7. The van der Waals surface area contributed by atoms with Crippen molar-refractivity contribution in [3.63, 3.8) is 0 Å². The molecule has 12 nitrogen and oxygen atoms in total. The van der Waals surface area contributed by atoms with Crippen molar-refractivity contribution in [2.24, 2.45) is 5.41 Å². The van der Waals surface area contributed by atoms with Gasteiger partial charge in [-0.1, -0.05) is 13.8 Å². The van der Waals surface area contributed by atoms with Crippen molar-refractivity contribution in [2.75, 3.05) is 13.7 Å². The van der Waals surface area contributed by atoms with Crippen LogP contribution in [0.25, 0.3) is 5.65 Å². The van der Waals surface area contributed by atoms with Crippen LogP contribution in [0.4, 0.5) is 35.5 Å². The van der Waals surface area contributed by atoms with E-state index in [-0.39, 0.29) is 29.9 Å². The second-order valence-corrected chi connectivity index (χ2v) is 13.0. The number of nitrogens with zero attached hydrogens (tertiary/aromatic N) is 6. The SMILES string of the molecule is BC1(B)NC(=O)N([C@H](COC)c2cnn3cc([C@H](CCC(C)(C)C(F)(F)F)NC(=O)c4nonc4C(F)F)nc3c2)C(B)(B)C1(F)F. The van der Waals surface area contributed by atoms with Gasteiger partial charge < -0.3 is 20.3 Å². The molecule has 0 saturated carbocycles. The molecule has 0 spiro atoms. The van der Waals surface area contributed by atoms with Crippen molar-refractivity contribution in [3.05, 3.63) is 41.1 Å². The van der Waals surface area contributed by atoms with Gasteiger partial charge in [-0.2, -0.15) is 18.3 Å². The fraction of sp³-hybridized carbons (Fsp3) is 0.583. The van der Waals surface area contributed by atoms with Crippen molar-refractivity contribution in [3.8, 4) is 0 Å². The summed E-state index contributed by atoms with van der Waals surface area (Å²) in [4.78, 5) is 31.6. The van der Waals surface area contributed by atoms with Gasteiger partial charge in [0, 0.05) is 23.3 Å². The first-order chi connectivity index (χ1) is 21.6. The van der Waals surface area contributed by atoms with E-state index in [9.17, 15) is 31.5 Å². The molecule has 4 rings (SSSR count). The van der Waals surface area contributed by atoms with Gasteiger partial charge in [0.05, 0.1) is 42.2 Å². The van der Waals surface area contributed by atoms with Crippen LogP contribution in [0.5, 0.6) is 0 Å². The third kappa shape index (κ3) is 6.54. The molecule has 3 aromatic rings. The molecule has 252 valence electrons. The molecule has 2 N–H and O–H groups in total. The van der Waals surface area contributed by atoms with Crippen LogP contribution in [0.3, 0.4) is 0 Å². The minimum Gasteiger partial charge on any atom is -0.382 e. The zero-order valence-corrected chi connectivity index (χ0v) is 26.5. The van der Waals surface area contributed by atoms with E-state index in [1.807, 2.05) is 0 Å². The topological polar surface area (TPSA) is 140 Å². The van der Waals surface area contributed by atoms with Gasteiger partial charge >= 0.3 is 12.2 Å². The molecule has 0 unspecified atom stereocenters. The number of nitrogens with one attached hydrogen (secondary N) is 2. The number of urea groups is 1. The highest BCUT2D eigenvalue weighted by molar-refractivity contribution is 6.48. The first kappa shape index (κ1) is 36.1. The maximum Gasteiger partial charge on any atom is 0.393 e. The Morgan fingerprint density at radius 3 is 2.43 bits per heavy atom. The van der Waals surface area contributed by atoms with Gasteiger partial charge in [0.25, 0.3) is 18.3 Å². The fourth-order valence-electron chi connectivity index (χ4n) is 5.51. The molecule has 23 heteroatoms. The van der Waals surface area contributed by atoms with E-state index >= 15 is 8.78 Å². The number of amides is 3. The summed E-state index contributed by atoms with van der Waals surface area (Å²) in [7, 11) is 6.22. The Bertz CT molecular complexity index is 1640. The molecule has 0 aromatic carbocycles. The average molecular weight is 672 g/mol. The zero-order valence-electron chi connectivity index (χ0n) is 26.5. The van der Waals surface area contributed by atoms with Crippen molar-refractivity contribution in [1.82, 2.24) is 40.4 Å². The van der Waals surface area contributed by atoms with Crippen LogP contribution < -0.4 is 10.6 Å². The lowest BCUT2D eigenvalue weighted by Crippen LogP contribution is -2.83. The molecule has 3 aromatic heterocycles. The molecule has 2 atom stereocenters. The standard InChI is InChI=1S/C24H31B4F7N8O4/c1-20(2,24(33,34)35)5-4-11(38-18(44)16-15(17(29)30)40-47-41-16)12-8-42-14(37-12)6-10(7-36-42)13(9-46-3)43-19(45)39-22(25,26)21(31,32)23(43,27)28/h6-8,11,13,17H,4-5,9,25-28H2,1-3H3,(H,38,44)(H,39,45)/t11-,13+/m0/s1. The zero-order chi connectivity index (χ0) is 35.3. The summed E-state index contributed by atoms with van der Waals surface area (Å²) < 4.78 is 110. The van der Waals surface area contributed by atoms with E-state index in [0.717, 1.165) is 18.7 Å². The second-order valence-electron chi connectivity index (χ2n) is 13.0. The minimum absolute atomic E-state index is 0.00338. The number of carbonyl (C=O) groups excluding carboxylic acids is 2. The van der Waals surface area contributed by atoms with Crippen LogP contribution in [0.1, 0.15) is 72.6 Å². The monoisotopic (exact) mass is 672 g/mol. The highest BCUT2D eigenvalue weighted by Gasteiger charge is 2.65. The third-order valence-electron chi connectivity index (χ3n) is 8.60. The smallest absolute Gasteiger partial charge is 0.382 e. The normalized spacial score (nSPS) is 19.0. The van der Waals surface area contributed by atoms with Crippen LogP contribution in [-0.2, 0) is 4.74 Å². The molecule has 4 heterocycles. The van der Waals surface area contributed by atoms with Gasteiger partial charge in [-0.05, 0) is 29.2 Å². The van der Waals surface area contributed by atoms with Crippen LogP contribution in [0, 0.1) is 5.41 Å². The predicted octanol–water partition coefficient (Wildman–Crippen LogP) is 0.0777. The molecule has 1 saturated heterocycles. The summed E-state index contributed by atoms with van der Waals surface area (Å²) in [5.74, 6) is -4.61. The molecule has 1 fully saturated rings. The van der Waals surface area contributed by atoms with E-state index in [1.54, 1.807) is 0 Å². The first-order valence-electron chi connectivity index (χ1n) is 14.4. The minimum atomic E-state index is -4.60. The third-order valence-corrected chi connectivity index (χ3v) is 8.60. The molecule has 47 heavy (non-hydrogen) atoms. The Hall–Kier alpha value is -3.77. The van der Waals surface area contributed by atoms with Gasteiger partial charge in [0.15, 0.2) is 11.3 Å². The number of rotatable bonds is 11. The first-order valence-corrected chi connectivity index (χ1v) is 14.4. The van der Waals surface area contributed by atoms with Crippen LogP contribution in [0.15, 0.2) is 23.1 Å². The summed E-state index contributed by atoms with van der Waals surface area (Å²) in [6.45, 7) is 1.72. The van der Waals surface area contributed by atoms with E-state index in [4.69, 9.17) is 4.74 Å². The van der Waals surface area contributed by atoms with Gasteiger partial charge in [0.1, 0.15) is 31.4 Å². The Balaban J connectivity index is 1.73. The Morgan fingerprint density at radius 1 is 1.17 bits per heavy atom. The van der Waals surface area contributed by atoms with Gasteiger partial charge in [0.2, 0.25) is 5.69 Å². The summed E-state index contributed by atoms with van der Waals surface area (Å²) in [6, 6.07) is -1.71. The molecule has 0 radical (unpaired) electrons. The largest absolute Gasteiger partial charge is 0.393 e. The maximum atomic E-state index is 15.7. The summed E-state index contributed by atoms with van der Waals surface area (Å²) >= 11 is 0. The number of ether oxygens (including phenoxy) is 1. The Morgan fingerprint density at radius 2 is 1.83 bits per heavy atom. The van der Waals surface area contributed by atoms with E-state index in [2.05, 4.69) is 35.7 Å². The summed E-state index contributed by atoms with van der Waals surface area (Å²) in [5.41, 5.74) is -3.79. The van der Waals surface area contributed by atoms with Gasteiger partial charge in [-0.3, -0.25) is 4.79 Å². The summed E-state index contributed by atoms with van der Waals surface area (Å²) in [6.07, 6.45) is -6.08. The molecule has 1 aliphatic heterocycles.